The second-order valence-electron chi connectivity index (χ2n) is 9.23. The number of nitrogens with zero attached hydrogens (tertiary/aromatic N) is 3. The largest absolute Gasteiger partial charge is 0.445 e. The zero-order valence-corrected chi connectivity index (χ0v) is 20.7. The number of piperidine rings is 1. The molecule has 39 heavy (non-hydrogen) atoms. The van der Waals surface area contributed by atoms with Crippen molar-refractivity contribution in [1.82, 2.24) is 15.5 Å². The number of amides is 1. The van der Waals surface area contributed by atoms with Crippen LogP contribution in [0.4, 0.5) is 28.2 Å². The summed E-state index contributed by atoms with van der Waals surface area (Å²) < 4.78 is 61.0. The molecule has 0 spiro atoms. The molecule has 1 saturated heterocycles. The Balaban J connectivity index is 1.35. The van der Waals surface area contributed by atoms with Crippen molar-refractivity contribution in [2.45, 2.75) is 25.0 Å². The fourth-order valence-electron chi connectivity index (χ4n) is 4.69. The lowest BCUT2D eigenvalue weighted by Gasteiger charge is -2.39. The highest BCUT2D eigenvalue weighted by Gasteiger charge is 2.35. The van der Waals surface area contributed by atoms with Crippen LogP contribution in [0.25, 0.3) is 11.3 Å². The first-order valence-corrected chi connectivity index (χ1v) is 12.3. The van der Waals surface area contributed by atoms with E-state index in [9.17, 15) is 22.4 Å². The fraction of sp³-hybridized carbons (Fsp3) is 0.207. The van der Waals surface area contributed by atoms with E-state index in [1.165, 1.54) is 12.1 Å². The summed E-state index contributed by atoms with van der Waals surface area (Å²) in [4.78, 5) is 14.6. The topological polar surface area (TPSA) is 67.4 Å². The Labute approximate surface area is 222 Å². The quantitative estimate of drug-likeness (QED) is 0.242. The molecular formula is C29H24F4N4O2. The lowest BCUT2D eigenvalue weighted by Crippen LogP contribution is -2.52. The molecule has 10 heteroatoms. The summed E-state index contributed by atoms with van der Waals surface area (Å²) in [5.41, 5.74) is 2.01. The van der Waals surface area contributed by atoms with Gasteiger partial charge in [0.15, 0.2) is 17.5 Å². The molecule has 0 radical (unpaired) electrons. The number of hydrogen-bond donors (Lipinski definition) is 1. The zero-order chi connectivity index (χ0) is 27.4. The molecule has 0 bridgehead atoms. The highest BCUT2D eigenvalue weighted by molar-refractivity contribution is 5.68. The van der Waals surface area contributed by atoms with Crippen LogP contribution >= 0.6 is 0 Å². The van der Waals surface area contributed by atoms with Crippen LogP contribution in [0.15, 0.2) is 78.9 Å². The van der Waals surface area contributed by atoms with Gasteiger partial charge >= 0.3 is 6.09 Å². The molecule has 1 amide bonds. The van der Waals surface area contributed by atoms with Crippen molar-refractivity contribution in [2.24, 2.45) is 0 Å². The summed E-state index contributed by atoms with van der Waals surface area (Å²) in [6.07, 6.45) is -0.413. The van der Waals surface area contributed by atoms with E-state index in [1.54, 1.807) is 24.3 Å². The van der Waals surface area contributed by atoms with Gasteiger partial charge in [-0.3, -0.25) is 0 Å². The number of anilines is 1. The number of alkyl carbamates (subject to hydrolysis) is 1. The molecule has 0 aliphatic carbocycles. The summed E-state index contributed by atoms with van der Waals surface area (Å²) in [5.74, 6) is -3.83. The monoisotopic (exact) mass is 536 g/mol. The maximum Gasteiger partial charge on any atom is 0.407 e. The Morgan fingerprint density at radius 2 is 1.64 bits per heavy atom. The number of carbonyl (C=O) groups excluding carboxylic acids is 1. The molecule has 1 aliphatic heterocycles. The van der Waals surface area contributed by atoms with Gasteiger partial charge in [0.25, 0.3) is 0 Å². The Bertz CT molecular complexity index is 1440. The zero-order valence-electron chi connectivity index (χ0n) is 20.7. The van der Waals surface area contributed by atoms with Gasteiger partial charge in [0, 0.05) is 30.6 Å². The van der Waals surface area contributed by atoms with Gasteiger partial charge in [0.1, 0.15) is 18.2 Å². The molecule has 2 heterocycles. The minimum Gasteiger partial charge on any atom is -0.445 e. The third-order valence-corrected chi connectivity index (χ3v) is 6.68. The summed E-state index contributed by atoms with van der Waals surface area (Å²) in [6.45, 7) is 0.614. The van der Waals surface area contributed by atoms with Crippen molar-refractivity contribution < 1.29 is 27.1 Å². The lowest BCUT2D eigenvalue weighted by molar-refractivity contribution is 0.132. The number of hydrogen-bond acceptors (Lipinski definition) is 5. The maximum absolute atomic E-state index is 14.7. The van der Waals surface area contributed by atoms with Gasteiger partial charge in [-0.15, -0.1) is 10.2 Å². The van der Waals surface area contributed by atoms with E-state index in [2.05, 4.69) is 15.5 Å². The Morgan fingerprint density at radius 1 is 0.897 bits per heavy atom. The van der Waals surface area contributed by atoms with Crippen LogP contribution in [0.5, 0.6) is 0 Å². The van der Waals surface area contributed by atoms with Crippen LogP contribution < -0.4 is 10.2 Å². The minimum absolute atomic E-state index is 0.0281. The molecule has 200 valence electrons. The predicted octanol–water partition coefficient (Wildman–Crippen LogP) is 5.99. The molecule has 1 fully saturated rings. The highest BCUT2D eigenvalue weighted by Crippen LogP contribution is 2.33. The van der Waals surface area contributed by atoms with Gasteiger partial charge in [0.05, 0.1) is 11.7 Å². The number of aromatic nitrogens is 2. The minimum atomic E-state index is -1.28. The number of halogens is 4. The molecule has 4 aromatic rings. The Kier molecular flexibility index (Phi) is 7.72. The number of nitrogens with one attached hydrogen (secondary N) is 1. The first kappa shape index (κ1) is 26.1. The smallest absolute Gasteiger partial charge is 0.407 e. The molecule has 0 saturated carbocycles. The first-order valence-electron chi connectivity index (χ1n) is 12.3. The van der Waals surface area contributed by atoms with Crippen LogP contribution in [-0.2, 0) is 11.3 Å². The van der Waals surface area contributed by atoms with E-state index in [1.807, 2.05) is 35.2 Å². The van der Waals surface area contributed by atoms with Crippen molar-refractivity contribution in [3.8, 4) is 11.3 Å². The van der Waals surface area contributed by atoms with Crippen molar-refractivity contribution >= 4 is 11.9 Å². The SMILES string of the molecule is O=C(N[C@H]1CN(c2ccc(-c3ccc(F)cc3)nn2)CC[C@@H]1c1cc(F)c(F)cc1F)OCc1ccccc1. The van der Waals surface area contributed by atoms with Gasteiger partial charge in [-0.25, -0.2) is 22.4 Å². The van der Waals surface area contributed by atoms with Gasteiger partial charge < -0.3 is 15.0 Å². The molecule has 6 nitrogen and oxygen atoms in total. The van der Waals surface area contributed by atoms with E-state index in [0.717, 1.165) is 11.6 Å². The number of ether oxygens (including phenoxy) is 1. The molecule has 1 N–H and O–H groups in total. The van der Waals surface area contributed by atoms with E-state index >= 15 is 0 Å². The average Bonchev–Trinajstić information content (AvgIpc) is 2.95. The number of carbonyl (C=O) groups is 1. The summed E-state index contributed by atoms with van der Waals surface area (Å²) in [7, 11) is 0. The molecule has 1 aromatic heterocycles. The van der Waals surface area contributed by atoms with Crippen LogP contribution in [0, 0.1) is 23.3 Å². The van der Waals surface area contributed by atoms with Gasteiger partial charge in [-0.05, 0) is 60.0 Å². The standard InChI is InChI=1S/C29H24F4N4O2/c30-20-8-6-19(7-9-20)26-10-11-28(36-35-26)37-13-12-21(22-14-24(32)25(33)15-23(22)31)27(16-37)34-29(38)39-17-18-4-2-1-3-5-18/h1-11,14-15,21,27H,12-13,16-17H2,(H,34,38)/t21-,27+/m1/s1. The molecule has 5 rings (SSSR count). The summed E-state index contributed by atoms with van der Waals surface area (Å²) in [5, 5.41) is 11.3. The van der Waals surface area contributed by atoms with Crippen LogP contribution in [0.1, 0.15) is 23.5 Å². The summed E-state index contributed by atoms with van der Waals surface area (Å²) in [6, 6.07) is 19.1. The molecule has 3 aromatic carbocycles. The summed E-state index contributed by atoms with van der Waals surface area (Å²) >= 11 is 0. The van der Waals surface area contributed by atoms with Crippen molar-refractivity contribution in [3.05, 3.63) is 113 Å². The Morgan fingerprint density at radius 3 is 2.36 bits per heavy atom. The molecule has 0 unspecified atom stereocenters. The molecular weight excluding hydrogens is 512 g/mol. The fourth-order valence-corrected chi connectivity index (χ4v) is 4.69. The highest BCUT2D eigenvalue weighted by atomic mass is 19.2. The normalized spacial score (nSPS) is 17.1. The molecule has 2 atom stereocenters. The van der Waals surface area contributed by atoms with E-state index in [4.69, 9.17) is 4.74 Å². The predicted molar refractivity (Wildman–Crippen MR) is 137 cm³/mol. The lowest BCUT2D eigenvalue weighted by atomic mass is 9.84. The molecule has 1 aliphatic rings. The van der Waals surface area contributed by atoms with Crippen molar-refractivity contribution in [1.29, 1.82) is 0 Å². The van der Waals surface area contributed by atoms with Gasteiger partial charge in [-0.1, -0.05) is 30.3 Å². The first-order chi connectivity index (χ1) is 18.9. The van der Waals surface area contributed by atoms with Crippen LogP contribution in [0.3, 0.4) is 0 Å². The van der Waals surface area contributed by atoms with Crippen LogP contribution in [0.2, 0.25) is 0 Å². The van der Waals surface area contributed by atoms with Gasteiger partial charge in [-0.2, -0.15) is 0 Å². The second-order valence-corrected chi connectivity index (χ2v) is 9.23. The van der Waals surface area contributed by atoms with E-state index < -0.39 is 35.5 Å². The third-order valence-electron chi connectivity index (χ3n) is 6.68. The van der Waals surface area contributed by atoms with Crippen LogP contribution in [-0.4, -0.2) is 35.4 Å². The number of rotatable bonds is 6. The van der Waals surface area contributed by atoms with Gasteiger partial charge in [0.2, 0.25) is 0 Å². The van der Waals surface area contributed by atoms with Crippen molar-refractivity contribution in [3.63, 3.8) is 0 Å². The second kappa shape index (κ2) is 11.5. The average molecular weight is 537 g/mol. The van der Waals surface area contributed by atoms with Crippen molar-refractivity contribution in [2.75, 3.05) is 18.0 Å². The van der Waals surface area contributed by atoms with E-state index in [0.29, 0.717) is 36.1 Å². The maximum atomic E-state index is 14.7. The Hall–Kier alpha value is -4.47. The van der Waals surface area contributed by atoms with E-state index in [-0.39, 0.29) is 24.5 Å². The third kappa shape index (κ3) is 6.17. The number of benzene rings is 3.